The molecule has 0 radical (unpaired) electrons. The molecule has 72 valence electrons. The molecule has 0 bridgehead atoms. The Bertz CT molecular complexity index is 249. The second kappa shape index (κ2) is 5.03. The van der Waals surface area contributed by atoms with Crippen molar-refractivity contribution in [1.29, 1.82) is 0 Å². The summed E-state index contributed by atoms with van der Waals surface area (Å²) in [6.07, 6.45) is 2.48. The van der Waals surface area contributed by atoms with Gasteiger partial charge >= 0.3 is 0 Å². The van der Waals surface area contributed by atoms with Crippen molar-refractivity contribution >= 4 is 13.9 Å². The van der Waals surface area contributed by atoms with Crippen molar-refractivity contribution in [1.82, 2.24) is 0 Å². The van der Waals surface area contributed by atoms with Crippen LogP contribution in [0.15, 0.2) is 12.7 Å². The number of allylic oxidation sites excluding steroid dienone is 1. The number of rotatable bonds is 3. The zero-order chi connectivity index (χ0) is 10.5. The van der Waals surface area contributed by atoms with E-state index >= 15 is 0 Å². The Morgan fingerprint density at radius 2 is 2.08 bits per heavy atom. The van der Waals surface area contributed by atoms with Crippen LogP contribution in [0.4, 0.5) is 0 Å². The number of hydrogen-bond donors (Lipinski definition) is 0. The van der Waals surface area contributed by atoms with Crippen molar-refractivity contribution < 1.29 is 4.79 Å². The van der Waals surface area contributed by atoms with Crippen LogP contribution < -0.4 is 0 Å². The molecule has 0 fully saturated rings. The largest absolute Gasteiger partial charge is 0.285 e. The molecular weight excluding hydrogens is 176 g/mol. The SMILES string of the molecule is C=CC[C@@H](C)C(=O)C#C[Si](C)(C)C. The normalized spacial score (nSPS) is 12.6. The van der Waals surface area contributed by atoms with Crippen LogP contribution in [0.1, 0.15) is 13.3 Å². The Kier molecular flexibility index (Phi) is 4.72. The minimum Gasteiger partial charge on any atom is -0.285 e. The number of Topliss-reactive ketones (excluding diaryl/α,β-unsaturated/α-hetero) is 1. The Labute approximate surface area is 82.2 Å². The molecule has 0 N–H and O–H groups in total. The van der Waals surface area contributed by atoms with Crippen LogP contribution in [0.3, 0.4) is 0 Å². The maximum absolute atomic E-state index is 11.4. The standard InChI is InChI=1S/C11H18OSi/c1-6-7-10(2)11(12)8-9-13(3,4)5/h6,10H,1,7H2,2-5H3/t10-/m1/s1. The Balaban J connectivity index is 4.27. The Hall–Kier alpha value is -0.813. The highest BCUT2D eigenvalue weighted by Gasteiger charge is 2.11. The topological polar surface area (TPSA) is 17.1 Å². The van der Waals surface area contributed by atoms with Crippen LogP contribution in [0, 0.1) is 17.4 Å². The lowest BCUT2D eigenvalue weighted by Gasteiger charge is -2.04. The molecular formula is C11H18OSi. The zero-order valence-corrected chi connectivity index (χ0v) is 9.98. The van der Waals surface area contributed by atoms with Crippen LogP contribution in [-0.2, 0) is 4.79 Å². The maximum atomic E-state index is 11.4. The van der Waals surface area contributed by atoms with Gasteiger partial charge in [0.2, 0.25) is 5.78 Å². The third-order valence-corrected chi connectivity index (χ3v) is 2.40. The van der Waals surface area contributed by atoms with E-state index in [1.165, 1.54) is 0 Å². The summed E-state index contributed by atoms with van der Waals surface area (Å²) in [5.41, 5.74) is 3.07. The van der Waals surface area contributed by atoms with Gasteiger partial charge in [-0.15, -0.1) is 12.1 Å². The van der Waals surface area contributed by atoms with Crippen LogP contribution in [0.2, 0.25) is 19.6 Å². The minimum atomic E-state index is -1.40. The monoisotopic (exact) mass is 194 g/mol. The molecule has 1 atom stereocenters. The van der Waals surface area contributed by atoms with Crippen LogP contribution in [0.5, 0.6) is 0 Å². The van der Waals surface area contributed by atoms with E-state index in [4.69, 9.17) is 0 Å². The molecule has 0 heterocycles. The summed E-state index contributed by atoms with van der Waals surface area (Å²) in [6.45, 7) is 11.9. The third kappa shape index (κ3) is 6.36. The maximum Gasteiger partial charge on any atom is 0.207 e. The highest BCUT2D eigenvalue weighted by molar-refractivity contribution is 6.84. The van der Waals surface area contributed by atoms with Gasteiger partial charge in [0.15, 0.2) is 0 Å². The van der Waals surface area contributed by atoms with E-state index in [1.54, 1.807) is 6.08 Å². The molecule has 0 aromatic heterocycles. The quantitative estimate of drug-likeness (QED) is 0.383. The van der Waals surface area contributed by atoms with Crippen LogP contribution >= 0.6 is 0 Å². The average molecular weight is 194 g/mol. The first kappa shape index (κ1) is 12.2. The summed E-state index contributed by atoms with van der Waals surface area (Å²) in [7, 11) is -1.40. The van der Waals surface area contributed by atoms with E-state index in [0.717, 1.165) is 6.42 Å². The molecule has 0 unspecified atom stereocenters. The van der Waals surface area contributed by atoms with E-state index in [-0.39, 0.29) is 11.7 Å². The number of carbonyl (C=O) groups excluding carboxylic acids is 1. The highest BCUT2D eigenvalue weighted by Crippen LogP contribution is 2.03. The van der Waals surface area contributed by atoms with Gasteiger partial charge in [-0.1, -0.05) is 32.6 Å². The molecule has 0 aromatic rings. The summed E-state index contributed by atoms with van der Waals surface area (Å²) < 4.78 is 0. The summed E-state index contributed by atoms with van der Waals surface area (Å²) in [4.78, 5) is 11.4. The van der Waals surface area contributed by atoms with Crippen molar-refractivity contribution in [3.8, 4) is 11.5 Å². The van der Waals surface area contributed by atoms with E-state index in [9.17, 15) is 4.79 Å². The summed E-state index contributed by atoms with van der Waals surface area (Å²) in [5.74, 6) is 2.78. The first-order valence-electron chi connectivity index (χ1n) is 4.54. The second-order valence-electron chi connectivity index (χ2n) is 4.29. The Morgan fingerprint density at radius 3 is 2.46 bits per heavy atom. The molecule has 0 aliphatic carbocycles. The van der Waals surface area contributed by atoms with Gasteiger partial charge in [0.1, 0.15) is 8.07 Å². The van der Waals surface area contributed by atoms with Gasteiger partial charge in [-0.3, -0.25) is 4.79 Å². The lowest BCUT2D eigenvalue weighted by molar-refractivity contribution is -0.116. The van der Waals surface area contributed by atoms with Crippen LogP contribution in [-0.4, -0.2) is 13.9 Å². The molecule has 0 spiro atoms. The number of hydrogen-bond acceptors (Lipinski definition) is 1. The molecule has 0 saturated carbocycles. The van der Waals surface area contributed by atoms with Crippen molar-refractivity contribution in [3.63, 3.8) is 0 Å². The second-order valence-corrected chi connectivity index (χ2v) is 9.04. The zero-order valence-electron chi connectivity index (χ0n) is 8.98. The molecule has 0 rings (SSSR count). The van der Waals surface area contributed by atoms with Gasteiger partial charge in [-0.25, -0.2) is 0 Å². The Morgan fingerprint density at radius 1 is 1.54 bits per heavy atom. The van der Waals surface area contributed by atoms with E-state index < -0.39 is 8.07 Å². The fourth-order valence-corrected chi connectivity index (χ4v) is 1.23. The first-order valence-corrected chi connectivity index (χ1v) is 8.04. The van der Waals surface area contributed by atoms with Crippen molar-refractivity contribution in [2.75, 3.05) is 0 Å². The van der Waals surface area contributed by atoms with Gasteiger partial charge in [0, 0.05) is 5.92 Å². The van der Waals surface area contributed by atoms with Crippen molar-refractivity contribution in [3.05, 3.63) is 12.7 Å². The predicted octanol–water partition coefficient (Wildman–Crippen LogP) is 2.65. The van der Waals surface area contributed by atoms with E-state index in [2.05, 4.69) is 37.7 Å². The summed E-state index contributed by atoms with van der Waals surface area (Å²) >= 11 is 0. The van der Waals surface area contributed by atoms with Crippen molar-refractivity contribution in [2.45, 2.75) is 33.0 Å². The first-order chi connectivity index (χ1) is 5.87. The molecule has 0 aliphatic heterocycles. The number of carbonyl (C=O) groups is 1. The predicted molar refractivity (Wildman–Crippen MR) is 60.1 cm³/mol. The lowest BCUT2D eigenvalue weighted by atomic mass is 10.0. The summed E-state index contributed by atoms with van der Waals surface area (Å²) in [6, 6.07) is 0. The number of ketones is 1. The smallest absolute Gasteiger partial charge is 0.207 e. The van der Waals surface area contributed by atoms with Gasteiger partial charge in [-0.05, 0) is 12.3 Å². The molecule has 13 heavy (non-hydrogen) atoms. The molecule has 2 heteroatoms. The minimum absolute atomic E-state index is 0.00125. The summed E-state index contributed by atoms with van der Waals surface area (Å²) in [5, 5.41) is 0. The molecule has 0 aromatic carbocycles. The van der Waals surface area contributed by atoms with E-state index in [0.29, 0.717) is 0 Å². The fourth-order valence-electron chi connectivity index (χ4n) is 0.729. The molecule has 0 amide bonds. The lowest BCUT2D eigenvalue weighted by Crippen LogP contribution is -2.18. The van der Waals surface area contributed by atoms with Gasteiger partial charge in [0.25, 0.3) is 0 Å². The molecule has 0 saturated heterocycles. The highest BCUT2D eigenvalue weighted by atomic mass is 28.3. The van der Waals surface area contributed by atoms with Crippen molar-refractivity contribution in [2.24, 2.45) is 5.92 Å². The average Bonchev–Trinajstić information content (AvgIpc) is 1.99. The van der Waals surface area contributed by atoms with Gasteiger partial charge in [0.05, 0.1) is 0 Å². The van der Waals surface area contributed by atoms with E-state index in [1.807, 2.05) is 6.92 Å². The van der Waals surface area contributed by atoms with Gasteiger partial charge in [-0.2, -0.15) is 0 Å². The third-order valence-electron chi connectivity index (χ3n) is 1.53. The fraction of sp³-hybridized carbons (Fsp3) is 0.545. The van der Waals surface area contributed by atoms with Gasteiger partial charge < -0.3 is 0 Å². The molecule has 0 aliphatic rings. The van der Waals surface area contributed by atoms with Crippen LogP contribution in [0.25, 0.3) is 0 Å². The molecule has 1 nitrogen and oxygen atoms in total.